The van der Waals surface area contributed by atoms with E-state index in [4.69, 9.17) is 5.84 Å². The Hall–Kier alpha value is -1.40. The second-order valence-electron chi connectivity index (χ2n) is 3.57. The van der Waals surface area contributed by atoms with E-state index in [9.17, 15) is 5.11 Å². The number of rotatable bonds is 4. The molecule has 6 heteroatoms. The van der Waals surface area contributed by atoms with Crippen molar-refractivity contribution in [2.75, 3.05) is 23.9 Å². The van der Waals surface area contributed by atoms with Crippen molar-refractivity contribution in [3.8, 4) is 0 Å². The van der Waals surface area contributed by atoms with Gasteiger partial charge in [-0.25, -0.2) is 10.8 Å². The van der Waals surface area contributed by atoms with Crippen LogP contribution in [0.1, 0.15) is 12.5 Å². The van der Waals surface area contributed by atoms with Crippen LogP contribution in [-0.2, 0) is 0 Å². The molecule has 0 saturated heterocycles. The molecule has 1 atom stereocenters. The molecule has 4 N–H and O–H groups in total. The molecule has 0 aromatic carbocycles. The van der Waals surface area contributed by atoms with E-state index in [0.29, 0.717) is 12.5 Å². The predicted octanol–water partition coefficient (Wildman–Crippen LogP) is -0.112. The number of nitrogens with zero attached hydrogens (tertiary/aromatic N) is 3. The van der Waals surface area contributed by atoms with Gasteiger partial charge >= 0.3 is 0 Å². The van der Waals surface area contributed by atoms with Crippen molar-refractivity contribution in [3.63, 3.8) is 0 Å². The Bertz CT molecular complexity index is 328. The molecule has 0 bridgehead atoms. The van der Waals surface area contributed by atoms with Crippen LogP contribution in [0, 0.1) is 6.92 Å². The lowest BCUT2D eigenvalue weighted by molar-refractivity contribution is 0.201. The number of nitrogen functional groups attached to an aromatic ring is 1. The average molecular weight is 211 g/mol. The summed E-state index contributed by atoms with van der Waals surface area (Å²) in [7, 11) is 1.86. The van der Waals surface area contributed by atoms with E-state index in [-0.39, 0.29) is 0 Å². The number of hydrogen-bond donors (Lipinski definition) is 3. The lowest BCUT2D eigenvalue weighted by Crippen LogP contribution is -2.28. The number of aliphatic hydroxyl groups is 1. The topological polar surface area (TPSA) is 87.3 Å². The Balaban J connectivity index is 2.91. The van der Waals surface area contributed by atoms with Gasteiger partial charge in [0.25, 0.3) is 0 Å². The van der Waals surface area contributed by atoms with Gasteiger partial charge in [0.15, 0.2) is 0 Å². The third-order valence-corrected chi connectivity index (χ3v) is 1.97. The molecule has 1 rings (SSSR count). The third kappa shape index (κ3) is 3.03. The van der Waals surface area contributed by atoms with Crippen molar-refractivity contribution in [2.45, 2.75) is 20.0 Å². The van der Waals surface area contributed by atoms with Gasteiger partial charge < -0.3 is 10.0 Å². The zero-order valence-electron chi connectivity index (χ0n) is 9.23. The Morgan fingerprint density at radius 1 is 1.67 bits per heavy atom. The summed E-state index contributed by atoms with van der Waals surface area (Å²) in [5, 5.41) is 9.28. The van der Waals surface area contributed by atoms with E-state index in [2.05, 4.69) is 15.4 Å². The number of anilines is 2. The first-order valence-electron chi connectivity index (χ1n) is 4.74. The number of nitrogens with one attached hydrogen (secondary N) is 1. The van der Waals surface area contributed by atoms with Gasteiger partial charge in [-0.3, -0.25) is 5.43 Å². The monoisotopic (exact) mass is 211 g/mol. The normalized spacial score (nSPS) is 12.3. The quantitative estimate of drug-likeness (QED) is 0.475. The summed E-state index contributed by atoms with van der Waals surface area (Å²) in [6, 6.07) is 0. The molecule has 0 fully saturated rings. The number of aryl methyl sites for hydroxylation is 1. The molecule has 0 amide bonds. The summed E-state index contributed by atoms with van der Waals surface area (Å²) in [5.41, 5.74) is 3.33. The van der Waals surface area contributed by atoms with Crippen molar-refractivity contribution in [1.82, 2.24) is 9.97 Å². The summed E-state index contributed by atoms with van der Waals surface area (Å²) in [4.78, 5) is 10.1. The van der Waals surface area contributed by atoms with Gasteiger partial charge in [-0.1, -0.05) is 0 Å². The molecule has 1 heterocycles. The molecule has 0 aliphatic rings. The molecule has 0 spiro atoms. The molecule has 0 saturated carbocycles. The lowest BCUT2D eigenvalue weighted by atomic mass is 10.3. The summed E-state index contributed by atoms with van der Waals surface area (Å²) in [5.74, 6) is 6.36. The van der Waals surface area contributed by atoms with Crippen LogP contribution in [0.3, 0.4) is 0 Å². The number of nitrogens with two attached hydrogens (primary N) is 1. The molecule has 15 heavy (non-hydrogen) atoms. The Labute approximate surface area is 89.1 Å². The third-order valence-electron chi connectivity index (χ3n) is 1.97. The smallest absolute Gasteiger partial charge is 0.239 e. The highest BCUT2D eigenvalue weighted by molar-refractivity contribution is 5.48. The van der Waals surface area contributed by atoms with E-state index in [1.165, 1.54) is 0 Å². The minimum atomic E-state index is -0.404. The number of likely N-dealkylation sites (N-methyl/N-ethyl adjacent to an activating group) is 1. The SMILES string of the molecule is Cc1cnc(NN)nc1N(C)CC(C)O. The van der Waals surface area contributed by atoms with E-state index in [1.807, 2.05) is 18.9 Å². The fraction of sp³-hybridized carbons (Fsp3) is 0.556. The standard InChI is InChI=1S/C9H17N5O/c1-6-4-11-9(13-10)12-8(6)14(3)5-7(2)15/h4,7,15H,5,10H2,1-3H3,(H,11,12,13). The van der Waals surface area contributed by atoms with Crippen LogP contribution in [0.2, 0.25) is 0 Å². The van der Waals surface area contributed by atoms with E-state index in [1.54, 1.807) is 13.1 Å². The Morgan fingerprint density at radius 3 is 2.87 bits per heavy atom. The molecule has 84 valence electrons. The number of hydrazine groups is 1. The fourth-order valence-electron chi connectivity index (χ4n) is 1.37. The highest BCUT2D eigenvalue weighted by Gasteiger charge is 2.10. The molecule has 0 radical (unpaired) electrons. The van der Waals surface area contributed by atoms with Crippen molar-refractivity contribution < 1.29 is 5.11 Å². The highest BCUT2D eigenvalue weighted by atomic mass is 16.3. The maximum Gasteiger partial charge on any atom is 0.239 e. The maximum absolute atomic E-state index is 9.28. The maximum atomic E-state index is 9.28. The van der Waals surface area contributed by atoms with Crippen molar-refractivity contribution in [3.05, 3.63) is 11.8 Å². The van der Waals surface area contributed by atoms with Crippen LogP contribution in [0.25, 0.3) is 0 Å². The van der Waals surface area contributed by atoms with Crippen LogP contribution in [0.4, 0.5) is 11.8 Å². The first-order valence-corrected chi connectivity index (χ1v) is 4.74. The minimum Gasteiger partial charge on any atom is -0.392 e. The molecule has 0 aliphatic heterocycles. The van der Waals surface area contributed by atoms with Crippen LogP contribution >= 0.6 is 0 Å². The Morgan fingerprint density at radius 2 is 2.33 bits per heavy atom. The first kappa shape index (κ1) is 11.7. The largest absolute Gasteiger partial charge is 0.392 e. The van der Waals surface area contributed by atoms with Crippen molar-refractivity contribution >= 4 is 11.8 Å². The summed E-state index contributed by atoms with van der Waals surface area (Å²) >= 11 is 0. The zero-order valence-corrected chi connectivity index (χ0v) is 9.23. The molecule has 6 nitrogen and oxygen atoms in total. The average Bonchev–Trinajstić information content (AvgIpc) is 2.17. The van der Waals surface area contributed by atoms with Crippen LogP contribution in [-0.4, -0.2) is 34.8 Å². The summed E-state index contributed by atoms with van der Waals surface area (Å²) in [6.07, 6.45) is 1.29. The number of aliphatic hydroxyl groups excluding tert-OH is 1. The molecule has 1 unspecified atom stereocenters. The molecule has 1 aromatic rings. The zero-order chi connectivity index (χ0) is 11.4. The fourth-order valence-corrected chi connectivity index (χ4v) is 1.37. The lowest BCUT2D eigenvalue weighted by Gasteiger charge is -2.21. The summed E-state index contributed by atoms with van der Waals surface area (Å²) in [6.45, 7) is 4.16. The van der Waals surface area contributed by atoms with Gasteiger partial charge in [0.05, 0.1) is 6.10 Å². The van der Waals surface area contributed by atoms with Crippen molar-refractivity contribution in [2.24, 2.45) is 5.84 Å². The highest BCUT2D eigenvalue weighted by Crippen LogP contribution is 2.16. The van der Waals surface area contributed by atoms with Gasteiger partial charge in [-0.15, -0.1) is 0 Å². The van der Waals surface area contributed by atoms with Crippen LogP contribution in [0.5, 0.6) is 0 Å². The number of hydrogen-bond acceptors (Lipinski definition) is 6. The second kappa shape index (κ2) is 4.90. The minimum absolute atomic E-state index is 0.369. The van der Waals surface area contributed by atoms with Gasteiger partial charge in [-0.05, 0) is 13.8 Å². The molecular formula is C9H17N5O. The Kier molecular flexibility index (Phi) is 3.81. The van der Waals surface area contributed by atoms with Gasteiger partial charge in [0.2, 0.25) is 5.95 Å². The molecule has 1 aromatic heterocycles. The first-order chi connectivity index (χ1) is 7.04. The molecule has 0 aliphatic carbocycles. The van der Waals surface area contributed by atoms with Crippen LogP contribution in [0.15, 0.2) is 6.20 Å². The van der Waals surface area contributed by atoms with Crippen molar-refractivity contribution in [1.29, 1.82) is 0 Å². The van der Waals surface area contributed by atoms with Gasteiger partial charge in [-0.2, -0.15) is 4.98 Å². The second-order valence-corrected chi connectivity index (χ2v) is 3.57. The van der Waals surface area contributed by atoms with Crippen LogP contribution < -0.4 is 16.2 Å². The van der Waals surface area contributed by atoms with Gasteiger partial charge in [0.1, 0.15) is 5.82 Å². The van der Waals surface area contributed by atoms with E-state index < -0.39 is 6.10 Å². The summed E-state index contributed by atoms with van der Waals surface area (Å²) < 4.78 is 0. The molecular weight excluding hydrogens is 194 g/mol. The van der Waals surface area contributed by atoms with E-state index >= 15 is 0 Å². The van der Waals surface area contributed by atoms with Gasteiger partial charge in [0, 0.05) is 25.4 Å². The van der Waals surface area contributed by atoms with E-state index in [0.717, 1.165) is 11.4 Å². The number of aromatic nitrogens is 2. The predicted molar refractivity (Wildman–Crippen MR) is 59.5 cm³/mol.